The predicted molar refractivity (Wildman–Crippen MR) is 90.5 cm³/mol. The second-order valence-corrected chi connectivity index (χ2v) is 6.13. The molecule has 0 aliphatic heterocycles. The highest BCUT2D eigenvalue weighted by Gasteiger charge is 2.10. The lowest BCUT2D eigenvalue weighted by Gasteiger charge is -2.08. The zero-order chi connectivity index (χ0) is 17.5. The average molecular weight is 351 g/mol. The lowest BCUT2D eigenvalue weighted by atomic mass is 10.1. The second kappa shape index (κ2) is 8.55. The van der Waals surface area contributed by atoms with Gasteiger partial charge >= 0.3 is 5.97 Å². The first-order chi connectivity index (χ1) is 11.5. The summed E-state index contributed by atoms with van der Waals surface area (Å²) in [6, 6.07) is 7.68. The standard InChI is InChI=1S/C18H19ClO5/c1-12(2)6-7-22-17-11-23-15(9-16(17)20)10-24-18(21)13-4-3-5-14(19)8-13/h3-5,8-9,11-12H,6-7,10H2,1-2H3. The van der Waals surface area contributed by atoms with Gasteiger partial charge in [0.1, 0.15) is 18.6 Å². The fraction of sp³-hybridized carbons (Fsp3) is 0.333. The molecule has 2 rings (SSSR count). The molecule has 0 fully saturated rings. The molecule has 0 unspecified atom stereocenters. The van der Waals surface area contributed by atoms with Gasteiger partial charge in [-0.2, -0.15) is 0 Å². The molecule has 0 aliphatic carbocycles. The SMILES string of the molecule is CC(C)CCOc1coc(COC(=O)c2cccc(Cl)c2)cc1=O. The lowest BCUT2D eigenvalue weighted by molar-refractivity contribution is 0.0442. The van der Waals surface area contributed by atoms with Crippen LogP contribution in [0, 0.1) is 5.92 Å². The lowest BCUT2D eigenvalue weighted by Crippen LogP contribution is -2.11. The van der Waals surface area contributed by atoms with E-state index in [0.29, 0.717) is 23.1 Å². The molecule has 24 heavy (non-hydrogen) atoms. The number of hydrogen-bond donors (Lipinski definition) is 0. The van der Waals surface area contributed by atoms with Gasteiger partial charge in [0.15, 0.2) is 0 Å². The summed E-state index contributed by atoms with van der Waals surface area (Å²) < 4.78 is 15.8. The maximum absolute atomic E-state index is 11.9. The summed E-state index contributed by atoms with van der Waals surface area (Å²) in [4.78, 5) is 23.8. The van der Waals surface area contributed by atoms with Crippen LogP contribution in [0.2, 0.25) is 5.02 Å². The van der Waals surface area contributed by atoms with Gasteiger partial charge in [0.05, 0.1) is 12.2 Å². The second-order valence-electron chi connectivity index (χ2n) is 5.69. The molecular formula is C18H19ClO5. The molecule has 0 aliphatic rings. The van der Waals surface area contributed by atoms with Crippen LogP contribution in [0.15, 0.2) is 45.8 Å². The minimum absolute atomic E-state index is 0.146. The third-order valence-corrected chi connectivity index (χ3v) is 3.45. The van der Waals surface area contributed by atoms with Gasteiger partial charge in [-0.15, -0.1) is 0 Å². The fourth-order valence-corrected chi connectivity index (χ4v) is 2.05. The highest BCUT2D eigenvalue weighted by molar-refractivity contribution is 6.30. The number of ether oxygens (including phenoxy) is 2. The topological polar surface area (TPSA) is 65.7 Å². The zero-order valence-corrected chi connectivity index (χ0v) is 14.3. The normalized spacial score (nSPS) is 10.7. The highest BCUT2D eigenvalue weighted by atomic mass is 35.5. The van der Waals surface area contributed by atoms with Crippen molar-refractivity contribution in [1.82, 2.24) is 0 Å². The van der Waals surface area contributed by atoms with Crippen LogP contribution in [0.3, 0.4) is 0 Å². The summed E-state index contributed by atoms with van der Waals surface area (Å²) in [6.07, 6.45) is 2.09. The smallest absolute Gasteiger partial charge is 0.338 e. The van der Waals surface area contributed by atoms with Crippen LogP contribution in [0.5, 0.6) is 5.75 Å². The van der Waals surface area contributed by atoms with Gasteiger partial charge in [0, 0.05) is 11.1 Å². The molecule has 0 radical (unpaired) electrons. The average Bonchev–Trinajstić information content (AvgIpc) is 2.54. The summed E-state index contributed by atoms with van der Waals surface area (Å²) in [6.45, 7) is 4.45. The molecule has 0 atom stereocenters. The molecule has 128 valence electrons. The minimum atomic E-state index is -0.544. The van der Waals surface area contributed by atoms with Crippen LogP contribution in [0.4, 0.5) is 0 Å². The van der Waals surface area contributed by atoms with Crippen molar-refractivity contribution >= 4 is 17.6 Å². The molecule has 0 amide bonds. The van der Waals surface area contributed by atoms with Gasteiger partial charge in [0.2, 0.25) is 11.2 Å². The van der Waals surface area contributed by atoms with E-state index in [-0.39, 0.29) is 23.5 Å². The van der Waals surface area contributed by atoms with E-state index in [2.05, 4.69) is 13.8 Å². The number of esters is 1. The largest absolute Gasteiger partial charge is 0.487 e. The maximum Gasteiger partial charge on any atom is 0.338 e. The first kappa shape index (κ1) is 18.1. The Morgan fingerprint density at radius 1 is 1.29 bits per heavy atom. The van der Waals surface area contributed by atoms with Crippen molar-refractivity contribution in [1.29, 1.82) is 0 Å². The van der Waals surface area contributed by atoms with E-state index in [4.69, 9.17) is 25.5 Å². The Hall–Kier alpha value is -2.27. The molecular weight excluding hydrogens is 332 g/mol. The van der Waals surface area contributed by atoms with Gasteiger partial charge < -0.3 is 13.9 Å². The van der Waals surface area contributed by atoms with Gasteiger partial charge in [-0.05, 0) is 30.5 Å². The minimum Gasteiger partial charge on any atom is -0.487 e. The van der Waals surface area contributed by atoms with E-state index in [0.717, 1.165) is 6.42 Å². The van der Waals surface area contributed by atoms with Crippen LogP contribution in [-0.4, -0.2) is 12.6 Å². The van der Waals surface area contributed by atoms with Gasteiger partial charge in [-0.3, -0.25) is 4.79 Å². The summed E-state index contributed by atoms with van der Waals surface area (Å²) in [5.41, 5.74) is 0.0253. The van der Waals surface area contributed by atoms with Gasteiger partial charge in [-0.25, -0.2) is 4.79 Å². The van der Waals surface area contributed by atoms with Crippen molar-refractivity contribution in [3.8, 4) is 5.75 Å². The fourth-order valence-electron chi connectivity index (χ4n) is 1.86. The molecule has 0 saturated carbocycles. The van der Waals surface area contributed by atoms with Crippen molar-refractivity contribution in [3.05, 3.63) is 63.2 Å². The third kappa shape index (κ3) is 5.42. The van der Waals surface area contributed by atoms with E-state index in [9.17, 15) is 9.59 Å². The summed E-state index contributed by atoms with van der Waals surface area (Å²) in [5.74, 6) is 0.340. The number of hydrogen-bond acceptors (Lipinski definition) is 5. The number of carbonyl (C=O) groups excluding carboxylic acids is 1. The summed E-state index contributed by atoms with van der Waals surface area (Å²) >= 11 is 5.82. The van der Waals surface area contributed by atoms with Crippen molar-refractivity contribution < 1.29 is 18.7 Å². The number of carbonyl (C=O) groups is 1. The molecule has 1 aromatic carbocycles. The molecule has 2 aromatic rings. The third-order valence-electron chi connectivity index (χ3n) is 3.21. The first-order valence-electron chi connectivity index (χ1n) is 7.63. The molecule has 1 aromatic heterocycles. The Bertz CT molecular complexity index is 751. The van der Waals surface area contributed by atoms with E-state index in [1.807, 2.05) is 0 Å². The number of rotatable bonds is 7. The maximum atomic E-state index is 11.9. The van der Waals surface area contributed by atoms with Crippen molar-refractivity contribution in [2.45, 2.75) is 26.9 Å². The highest BCUT2D eigenvalue weighted by Crippen LogP contribution is 2.13. The summed E-state index contributed by atoms with van der Waals surface area (Å²) in [5, 5.41) is 0.443. The van der Waals surface area contributed by atoms with Crippen LogP contribution in [-0.2, 0) is 11.3 Å². The summed E-state index contributed by atoms with van der Waals surface area (Å²) in [7, 11) is 0. The van der Waals surface area contributed by atoms with Crippen LogP contribution in [0.25, 0.3) is 0 Å². The van der Waals surface area contributed by atoms with Crippen molar-refractivity contribution in [2.24, 2.45) is 5.92 Å². The first-order valence-corrected chi connectivity index (χ1v) is 8.00. The molecule has 6 heteroatoms. The number of halogens is 1. The molecule has 1 heterocycles. The van der Waals surface area contributed by atoms with Gasteiger partial charge in [0.25, 0.3) is 0 Å². The molecule has 0 spiro atoms. The van der Waals surface area contributed by atoms with E-state index in [1.54, 1.807) is 18.2 Å². The van der Waals surface area contributed by atoms with Crippen molar-refractivity contribution in [3.63, 3.8) is 0 Å². The number of benzene rings is 1. The molecule has 0 N–H and O–H groups in total. The van der Waals surface area contributed by atoms with Crippen LogP contribution >= 0.6 is 11.6 Å². The Labute approximate surface area is 145 Å². The Balaban J connectivity index is 1.92. The molecule has 5 nitrogen and oxygen atoms in total. The van der Waals surface area contributed by atoms with E-state index < -0.39 is 5.97 Å². The zero-order valence-electron chi connectivity index (χ0n) is 13.6. The van der Waals surface area contributed by atoms with Crippen molar-refractivity contribution in [2.75, 3.05) is 6.61 Å². The van der Waals surface area contributed by atoms with Crippen LogP contribution in [0.1, 0.15) is 36.4 Å². The Kier molecular flexibility index (Phi) is 6.44. The molecule has 0 bridgehead atoms. The Morgan fingerprint density at radius 2 is 2.08 bits per heavy atom. The molecule has 0 saturated heterocycles. The van der Waals surface area contributed by atoms with Gasteiger partial charge in [-0.1, -0.05) is 31.5 Å². The quantitative estimate of drug-likeness (QED) is 0.704. The van der Waals surface area contributed by atoms with E-state index in [1.165, 1.54) is 18.4 Å². The Morgan fingerprint density at radius 3 is 2.75 bits per heavy atom. The van der Waals surface area contributed by atoms with E-state index >= 15 is 0 Å². The monoisotopic (exact) mass is 350 g/mol. The van der Waals surface area contributed by atoms with Crippen LogP contribution < -0.4 is 10.2 Å². The predicted octanol–water partition coefficient (Wildman–Crippen LogP) is 4.08.